The van der Waals surface area contributed by atoms with Gasteiger partial charge in [0.1, 0.15) is 0 Å². The summed E-state index contributed by atoms with van der Waals surface area (Å²) >= 11 is 11.9. The van der Waals surface area contributed by atoms with Crippen molar-refractivity contribution >= 4 is 40.8 Å². The second-order valence-corrected chi connectivity index (χ2v) is 6.41. The molecule has 0 aliphatic carbocycles. The lowest BCUT2D eigenvalue weighted by atomic mass is 10.1. The number of carbonyl (C=O) groups is 2. The summed E-state index contributed by atoms with van der Waals surface area (Å²) in [5, 5.41) is 0.385. The predicted octanol–water partition coefficient (Wildman–Crippen LogP) is 4.13. The highest BCUT2D eigenvalue weighted by atomic mass is 35.5. The van der Waals surface area contributed by atoms with E-state index >= 15 is 0 Å². The van der Waals surface area contributed by atoms with Crippen molar-refractivity contribution in [1.29, 1.82) is 0 Å². The van der Waals surface area contributed by atoms with Crippen LogP contribution < -0.4 is 4.90 Å². The summed E-state index contributed by atoms with van der Waals surface area (Å²) in [6.07, 6.45) is 0.788. The van der Waals surface area contributed by atoms with Crippen LogP contribution in [0.4, 0.5) is 5.69 Å². The molecule has 24 heavy (non-hydrogen) atoms. The molecule has 0 N–H and O–H groups in total. The van der Waals surface area contributed by atoms with Gasteiger partial charge in [0.15, 0.2) is 6.61 Å². The van der Waals surface area contributed by atoms with Gasteiger partial charge in [0.2, 0.25) is 0 Å². The molecule has 1 aliphatic rings. The number of benzene rings is 2. The first kappa shape index (κ1) is 16.8. The van der Waals surface area contributed by atoms with E-state index < -0.39 is 5.97 Å². The third-order valence-corrected chi connectivity index (χ3v) is 4.79. The summed E-state index contributed by atoms with van der Waals surface area (Å²) in [6.45, 7) is 1.62. The maximum absolute atomic E-state index is 12.5. The lowest BCUT2D eigenvalue weighted by molar-refractivity contribution is -0.122. The van der Waals surface area contributed by atoms with E-state index in [9.17, 15) is 9.59 Å². The lowest BCUT2D eigenvalue weighted by Crippen LogP contribution is -2.38. The Labute approximate surface area is 149 Å². The Morgan fingerprint density at radius 3 is 2.71 bits per heavy atom. The molecule has 1 aliphatic heterocycles. The summed E-state index contributed by atoms with van der Waals surface area (Å²) < 4.78 is 5.13. The second-order valence-electron chi connectivity index (χ2n) is 5.62. The molecule has 124 valence electrons. The van der Waals surface area contributed by atoms with Gasteiger partial charge < -0.3 is 9.64 Å². The second kappa shape index (κ2) is 6.83. The van der Waals surface area contributed by atoms with Crippen LogP contribution in [-0.2, 0) is 16.0 Å². The summed E-state index contributed by atoms with van der Waals surface area (Å²) in [6, 6.07) is 12.4. The van der Waals surface area contributed by atoms with E-state index in [0.29, 0.717) is 0 Å². The van der Waals surface area contributed by atoms with E-state index in [1.807, 2.05) is 31.2 Å². The summed E-state index contributed by atoms with van der Waals surface area (Å²) in [5.41, 5.74) is 2.13. The molecule has 1 heterocycles. The Balaban J connectivity index is 1.70. The van der Waals surface area contributed by atoms with Gasteiger partial charge in [0.25, 0.3) is 5.91 Å². The minimum absolute atomic E-state index is 0.0309. The molecular formula is C18H15Cl2NO3. The molecule has 1 atom stereocenters. The Hall–Kier alpha value is -2.04. The number of carbonyl (C=O) groups excluding carboxylic acids is 2. The van der Waals surface area contributed by atoms with E-state index in [2.05, 4.69) is 0 Å². The van der Waals surface area contributed by atoms with Crippen LogP contribution in [0.1, 0.15) is 22.8 Å². The normalized spacial score (nSPS) is 16.0. The minimum atomic E-state index is -0.670. The third-order valence-electron chi connectivity index (χ3n) is 3.97. The number of para-hydroxylation sites is 1. The molecule has 0 aromatic heterocycles. The maximum atomic E-state index is 12.5. The van der Waals surface area contributed by atoms with E-state index in [4.69, 9.17) is 27.9 Å². The van der Waals surface area contributed by atoms with Crippen LogP contribution in [0.2, 0.25) is 10.0 Å². The van der Waals surface area contributed by atoms with Crippen LogP contribution in [0.15, 0.2) is 42.5 Å². The molecule has 0 radical (unpaired) electrons. The topological polar surface area (TPSA) is 46.6 Å². The number of amides is 1. The van der Waals surface area contributed by atoms with Gasteiger partial charge in [-0.2, -0.15) is 0 Å². The maximum Gasteiger partial charge on any atom is 0.340 e. The number of hydrogen-bond acceptors (Lipinski definition) is 3. The molecule has 0 fully saturated rings. The molecule has 2 aromatic carbocycles. The molecule has 0 bridgehead atoms. The average molecular weight is 364 g/mol. The molecular weight excluding hydrogens is 349 g/mol. The van der Waals surface area contributed by atoms with Crippen molar-refractivity contribution < 1.29 is 14.3 Å². The van der Waals surface area contributed by atoms with Crippen LogP contribution in [0.3, 0.4) is 0 Å². The van der Waals surface area contributed by atoms with Crippen LogP contribution >= 0.6 is 23.2 Å². The predicted molar refractivity (Wildman–Crippen MR) is 93.8 cm³/mol. The SMILES string of the molecule is C[C@@H]1Cc2ccccc2N1C(=O)COC(=O)c1cccc(Cl)c1Cl. The molecule has 0 saturated carbocycles. The molecule has 4 nitrogen and oxygen atoms in total. The first-order valence-corrected chi connectivity index (χ1v) is 8.25. The molecule has 0 spiro atoms. The summed E-state index contributed by atoms with van der Waals surface area (Å²) in [7, 11) is 0. The van der Waals surface area contributed by atoms with E-state index in [1.54, 1.807) is 17.0 Å². The van der Waals surface area contributed by atoms with Crippen molar-refractivity contribution in [3.63, 3.8) is 0 Å². The largest absolute Gasteiger partial charge is 0.452 e. The van der Waals surface area contributed by atoms with Gasteiger partial charge in [-0.1, -0.05) is 47.5 Å². The first-order chi connectivity index (χ1) is 11.5. The van der Waals surface area contributed by atoms with Gasteiger partial charge in [-0.3, -0.25) is 4.79 Å². The highest BCUT2D eigenvalue weighted by Crippen LogP contribution is 2.32. The molecule has 1 amide bonds. The number of fused-ring (bicyclic) bond motifs is 1. The van der Waals surface area contributed by atoms with Crippen molar-refractivity contribution in [1.82, 2.24) is 0 Å². The van der Waals surface area contributed by atoms with E-state index in [1.165, 1.54) is 6.07 Å². The fraction of sp³-hybridized carbons (Fsp3) is 0.222. The van der Waals surface area contributed by atoms with Gasteiger partial charge in [-0.15, -0.1) is 0 Å². The lowest BCUT2D eigenvalue weighted by Gasteiger charge is -2.22. The van der Waals surface area contributed by atoms with Crippen molar-refractivity contribution in [2.75, 3.05) is 11.5 Å². The third kappa shape index (κ3) is 3.12. The van der Waals surface area contributed by atoms with E-state index in [-0.39, 0.29) is 34.2 Å². The smallest absolute Gasteiger partial charge is 0.340 e. The number of rotatable bonds is 3. The monoisotopic (exact) mass is 363 g/mol. The number of anilines is 1. The summed E-state index contributed by atoms with van der Waals surface area (Å²) in [5.74, 6) is -0.935. The van der Waals surface area contributed by atoms with Crippen molar-refractivity contribution in [3.8, 4) is 0 Å². The highest BCUT2D eigenvalue weighted by Gasteiger charge is 2.31. The Kier molecular flexibility index (Phi) is 4.78. The highest BCUT2D eigenvalue weighted by molar-refractivity contribution is 6.43. The van der Waals surface area contributed by atoms with Crippen molar-refractivity contribution in [2.45, 2.75) is 19.4 Å². The van der Waals surface area contributed by atoms with Crippen LogP contribution in [0.5, 0.6) is 0 Å². The van der Waals surface area contributed by atoms with Gasteiger partial charge in [0, 0.05) is 11.7 Å². The number of halogens is 2. The van der Waals surface area contributed by atoms with Crippen molar-refractivity contribution in [3.05, 3.63) is 63.6 Å². The van der Waals surface area contributed by atoms with Gasteiger partial charge in [-0.25, -0.2) is 4.79 Å². The quantitative estimate of drug-likeness (QED) is 0.770. The fourth-order valence-electron chi connectivity index (χ4n) is 2.88. The number of esters is 1. The molecule has 2 aromatic rings. The Bertz CT molecular complexity index is 807. The van der Waals surface area contributed by atoms with E-state index in [0.717, 1.165) is 17.7 Å². The van der Waals surface area contributed by atoms with Crippen LogP contribution in [-0.4, -0.2) is 24.5 Å². The standard InChI is InChI=1S/C18H15Cl2NO3/c1-11-9-12-5-2-3-8-15(12)21(11)16(22)10-24-18(23)13-6-4-7-14(19)17(13)20/h2-8,11H,9-10H2,1H3/t11-/m1/s1. The zero-order chi connectivity index (χ0) is 17.3. The molecule has 0 saturated heterocycles. The zero-order valence-electron chi connectivity index (χ0n) is 13.0. The molecule has 6 heteroatoms. The average Bonchev–Trinajstić information content (AvgIpc) is 2.90. The van der Waals surface area contributed by atoms with Gasteiger partial charge in [-0.05, 0) is 37.1 Å². The van der Waals surface area contributed by atoms with Gasteiger partial charge >= 0.3 is 5.97 Å². The Morgan fingerprint density at radius 2 is 1.92 bits per heavy atom. The minimum Gasteiger partial charge on any atom is -0.452 e. The van der Waals surface area contributed by atoms with Crippen LogP contribution in [0.25, 0.3) is 0 Å². The van der Waals surface area contributed by atoms with Gasteiger partial charge in [0.05, 0.1) is 15.6 Å². The first-order valence-electron chi connectivity index (χ1n) is 7.50. The van der Waals surface area contributed by atoms with Crippen molar-refractivity contribution in [2.24, 2.45) is 0 Å². The fourth-order valence-corrected chi connectivity index (χ4v) is 3.26. The number of hydrogen-bond donors (Lipinski definition) is 0. The number of ether oxygens (including phenoxy) is 1. The molecule has 0 unspecified atom stereocenters. The number of nitrogens with zero attached hydrogens (tertiary/aromatic N) is 1. The zero-order valence-corrected chi connectivity index (χ0v) is 14.5. The molecule has 3 rings (SSSR count). The van der Waals surface area contributed by atoms with Crippen LogP contribution in [0, 0.1) is 0 Å². The summed E-state index contributed by atoms with van der Waals surface area (Å²) in [4.78, 5) is 26.3. The Morgan fingerprint density at radius 1 is 1.17 bits per heavy atom.